The van der Waals surface area contributed by atoms with Crippen molar-refractivity contribution in [3.05, 3.63) is 12.2 Å². The molecule has 0 aliphatic rings. The highest BCUT2D eigenvalue weighted by Gasteiger charge is 2.16. The number of rotatable bonds is 8. The van der Waals surface area contributed by atoms with Crippen LogP contribution in [0.3, 0.4) is 0 Å². The van der Waals surface area contributed by atoms with Crippen molar-refractivity contribution in [3.63, 3.8) is 0 Å². The summed E-state index contributed by atoms with van der Waals surface area (Å²) in [5.41, 5.74) is -0.0151. The molecule has 0 aromatic carbocycles. The Hall–Kier alpha value is -0.630. The number of hydrogen-bond acceptors (Lipinski definition) is 2. The van der Waals surface area contributed by atoms with Crippen molar-refractivity contribution in [2.45, 2.75) is 59.5 Å². The molecule has 0 aromatic rings. The maximum absolute atomic E-state index is 10.8. The summed E-state index contributed by atoms with van der Waals surface area (Å²) in [7, 11) is 0. The first kappa shape index (κ1) is 15.4. The summed E-state index contributed by atoms with van der Waals surface area (Å²) in [6.07, 6.45) is 6.98. The predicted octanol–water partition coefficient (Wildman–Crippen LogP) is 3.75. The number of ether oxygens (including phenoxy) is 1. The third-order valence-electron chi connectivity index (χ3n) is 2.63. The van der Waals surface area contributed by atoms with Gasteiger partial charge in [-0.05, 0) is 52.5 Å². The first-order valence-corrected chi connectivity index (χ1v) is 6.20. The lowest BCUT2D eigenvalue weighted by Gasteiger charge is -2.24. The van der Waals surface area contributed by atoms with Crippen LogP contribution in [0.2, 0.25) is 0 Å². The van der Waals surface area contributed by atoms with E-state index in [1.165, 1.54) is 0 Å². The van der Waals surface area contributed by atoms with Crippen molar-refractivity contribution in [1.82, 2.24) is 0 Å². The van der Waals surface area contributed by atoms with Crippen molar-refractivity contribution in [1.29, 1.82) is 0 Å². The molecule has 0 heterocycles. The van der Waals surface area contributed by atoms with E-state index >= 15 is 0 Å². The van der Waals surface area contributed by atoms with Gasteiger partial charge >= 0.3 is 0 Å². The number of allylic oxidation sites excluding steroid dienone is 2. The molecular weight excluding hydrogens is 200 g/mol. The fourth-order valence-corrected chi connectivity index (χ4v) is 1.71. The molecule has 16 heavy (non-hydrogen) atoms. The van der Waals surface area contributed by atoms with E-state index in [-0.39, 0.29) is 11.4 Å². The molecule has 94 valence electrons. The Kier molecular flexibility index (Phi) is 7.31. The highest BCUT2D eigenvalue weighted by molar-refractivity contribution is 5.87. The molecule has 1 atom stereocenters. The average molecular weight is 226 g/mol. The number of carbonyl (C=O) groups excluding carboxylic acids is 1. The van der Waals surface area contributed by atoms with Gasteiger partial charge in [0.1, 0.15) is 0 Å². The van der Waals surface area contributed by atoms with E-state index in [4.69, 9.17) is 4.74 Å². The Morgan fingerprint density at radius 2 is 2.06 bits per heavy atom. The second kappa shape index (κ2) is 7.61. The molecule has 0 spiro atoms. The van der Waals surface area contributed by atoms with Gasteiger partial charge in [-0.15, -0.1) is 0 Å². The Bertz CT molecular complexity index is 229. The highest BCUT2D eigenvalue weighted by Crippen LogP contribution is 2.20. The van der Waals surface area contributed by atoms with E-state index in [9.17, 15) is 4.79 Å². The largest absolute Gasteiger partial charge is 0.376 e. The van der Waals surface area contributed by atoms with E-state index in [0.29, 0.717) is 5.92 Å². The molecule has 0 amide bonds. The predicted molar refractivity (Wildman–Crippen MR) is 68.5 cm³/mol. The van der Waals surface area contributed by atoms with Crippen molar-refractivity contribution < 1.29 is 9.53 Å². The van der Waals surface area contributed by atoms with Gasteiger partial charge in [0.25, 0.3) is 0 Å². The molecule has 2 heteroatoms. The van der Waals surface area contributed by atoms with Crippen LogP contribution >= 0.6 is 0 Å². The molecule has 0 fully saturated rings. The van der Waals surface area contributed by atoms with Crippen LogP contribution in [-0.4, -0.2) is 18.0 Å². The quantitative estimate of drug-likeness (QED) is 0.589. The zero-order chi connectivity index (χ0) is 12.6. The maximum atomic E-state index is 10.8. The van der Waals surface area contributed by atoms with Crippen LogP contribution in [0, 0.1) is 5.92 Å². The van der Waals surface area contributed by atoms with E-state index in [1.54, 1.807) is 13.0 Å². The number of carbonyl (C=O) groups is 1. The third kappa shape index (κ3) is 8.66. The lowest BCUT2D eigenvalue weighted by molar-refractivity contribution is -0.112. The van der Waals surface area contributed by atoms with Crippen LogP contribution in [0.15, 0.2) is 12.2 Å². The topological polar surface area (TPSA) is 26.3 Å². The molecule has 0 aliphatic heterocycles. The van der Waals surface area contributed by atoms with Crippen LogP contribution in [-0.2, 0) is 9.53 Å². The molecule has 0 aliphatic carbocycles. The summed E-state index contributed by atoms with van der Waals surface area (Å²) >= 11 is 0. The zero-order valence-corrected chi connectivity index (χ0v) is 11.4. The van der Waals surface area contributed by atoms with E-state index in [1.807, 2.05) is 13.0 Å². The van der Waals surface area contributed by atoms with Crippen molar-refractivity contribution in [3.8, 4) is 0 Å². The van der Waals surface area contributed by atoms with E-state index in [2.05, 4.69) is 20.8 Å². The van der Waals surface area contributed by atoms with Gasteiger partial charge < -0.3 is 4.74 Å². The molecule has 1 unspecified atom stereocenters. The highest BCUT2D eigenvalue weighted by atomic mass is 16.5. The summed E-state index contributed by atoms with van der Waals surface area (Å²) < 4.78 is 5.64. The monoisotopic (exact) mass is 226 g/mol. The lowest BCUT2D eigenvalue weighted by Crippen LogP contribution is -2.24. The minimum Gasteiger partial charge on any atom is -0.376 e. The molecule has 0 saturated heterocycles. The Balaban J connectivity index is 3.77. The van der Waals surface area contributed by atoms with Gasteiger partial charge in [-0.1, -0.05) is 19.4 Å². The van der Waals surface area contributed by atoms with Gasteiger partial charge in [0.05, 0.1) is 5.60 Å². The molecule has 0 saturated carbocycles. The number of ketones is 1. The summed E-state index contributed by atoms with van der Waals surface area (Å²) in [5, 5.41) is 0. The molecule has 0 N–H and O–H groups in total. The van der Waals surface area contributed by atoms with Crippen molar-refractivity contribution >= 4 is 5.78 Å². The molecule has 0 bridgehead atoms. The van der Waals surface area contributed by atoms with E-state index in [0.717, 1.165) is 25.9 Å². The summed E-state index contributed by atoms with van der Waals surface area (Å²) in [4.78, 5) is 10.8. The lowest BCUT2D eigenvalue weighted by atomic mass is 9.96. The zero-order valence-electron chi connectivity index (χ0n) is 11.4. The van der Waals surface area contributed by atoms with Crippen molar-refractivity contribution in [2.24, 2.45) is 5.92 Å². The summed E-state index contributed by atoms with van der Waals surface area (Å²) in [6.45, 7) is 10.8. The fraction of sp³-hybridized carbons (Fsp3) is 0.786. The second-order valence-corrected chi connectivity index (χ2v) is 5.03. The normalized spacial score (nSPS) is 14.3. The van der Waals surface area contributed by atoms with Crippen molar-refractivity contribution in [2.75, 3.05) is 6.61 Å². The number of hydrogen-bond donors (Lipinski definition) is 0. The minimum atomic E-state index is -0.0151. The Morgan fingerprint density at radius 3 is 2.56 bits per heavy atom. The molecule has 0 rings (SSSR count). The Labute approximate surface area is 100 Å². The van der Waals surface area contributed by atoms with E-state index < -0.39 is 0 Å². The first-order chi connectivity index (χ1) is 7.37. The smallest absolute Gasteiger partial charge is 0.152 e. The standard InChI is InChI=1S/C14H26O2/c1-6-16-14(4,5)11-7-8-12(2)9-10-13(3)15/h9-10,12H,6-8,11H2,1-5H3. The maximum Gasteiger partial charge on any atom is 0.152 e. The fourth-order valence-electron chi connectivity index (χ4n) is 1.71. The molecular formula is C14H26O2. The van der Waals surface area contributed by atoms with Gasteiger partial charge in [-0.3, -0.25) is 4.79 Å². The van der Waals surface area contributed by atoms with Crippen LogP contribution in [0.25, 0.3) is 0 Å². The van der Waals surface area contributed by atoms with Crippen LogP contribution in [0.1, 0.15) is 53.9 Å². The summed E-state index contributed by atoms with van der Waals surface area (Å²) in [5.74, 6) is 0.600. The Morgan fingerprint density at radius 1 is 1.44 bits per heavy atom. The SMILES string of the molecule is CCOC(C)(C)CCCC(C)C=CC(C)=O. The molecule has 0 radical (unpaired) electrons. The summed E-state index contributed by atoms with van der Waals surface area (Å²) in [6, 6.07) is 0. The second-order valence-electron chi connectivity index (χ2n) is 5.03. The third-order valence-corrected chi connectivity index (χ3v) is 2.63. The minimum absolute atomic E-state index is 0.0151. The van der Waals surface area contributed by atoms with Gasteiger partial charge in [0.15, 0.2) is 5.78 Å². The first-order valence-electron chi connectivity index (χ1n) is 6.20. The van der Waals surface area contributed by atoms with Gasteiger partial charge in [-0.2, -0.15) is 0 Å². The van der Waals surface area contributed by atoms with Crippen LogP contribution in [0.4, 0.5) is 0 Å². The molecule has 0 aromatic heterocycles. The molecule has 2 nitrogen and oxygen atoms in total. The average Bonchev–Trinajstić information content (AvgIpc) is 2.14. The van der Waals surface area contributed by atoms with Crippen LogP contribution < -0.4 is 0 Å². The van der Waals surface area contributed by atoms with Gasteiger partial charge in [-0.25, -0.2) is 0 Å². The van der Waals surface area contributed by atoms with Gasteiger partial charge in [0.2, 0.25) is 0 Å². The van der Waals surface area contributed by atoms with Crippen LogP contribution in [0.5, 0.6) is 0 Å². The van der Waals surface area contributed by atoms with Gasteiger partial charge in [0, 0.05) is 6.61 Å².